The second-order valence-electron chi connectivity index (χ2n) is 8.28. The van der Waals surface area contributed by atoms with Gasteiger partial charge in [-0.25, -0.2) is 0 Å². The van der Waals surface area contributed by atoms with E-state index < -0.39 is 11.9 Å². The third-order valence-electron chi connectivity index (χ3n) is 3.12. The molecular formula is C18H34CuO4. The van der Waals surface area contributed by atoms with Crippen LogP contribution in [0.4, 0.5) is 0 Å². The Morgan fingerprint density at radius 3 is 1.09 bits per heavy atom. The van der Waals surface area contributed by atoms with E-state index in [2.05, 4.69) is 41.5 Å². The minimum Gasteiger partial charge on any atom is -0.550 e. The van der Waals surface area contributed by atoms with Gasteiger partial charge in [0.1, 0.15) is 0 Å². The maximum atomic E-state index is 10.0. The van der Waals surface area contributed by atoms with Crippen LogP contribution in [0.25, 0.3) is 0 Å². The number of hydrogen-bond donors (Lipinski definition) is 0. The van der Waals surface area contributed by atoms with E-state index in [1.807, 2.05) is 0 Å². The molecule has 0 spiro atoms. The average Bonchev–Trinajstić information content (AvgIpc) is 2.28. The van der Waals surface area contributed by atoms with Crippen molar-refractivity contribution in [1.82, 2.24) is 0 Å². The number of rotatable bonds is 8. The van der Waals surface area contributed by atoms with E-state index in [1.165, 1.54) is 0 Å². The Morgan fingerprint density at radius 1 is 0.652 bits per heavy atom. The molecule has 5 heteroatoms. The number of hydrogen-bond acceptors (Lipinski definition) is 4. The largest absolute Gasteiger partial charge is 2.00 e. The first kappa shape index (κ1) is 27.3. The first-order chi connectivity index (χ1) is 9.83. The summed E-state index contributed by atoms with van der Waals surface area (Å²) in [4.78, 5) is 20.0. The molecule has 0 aliphatic carbocycles. The Morgan fingerprint density at radius 2 is 0.913 bits per heavy atom. The Hall–Kier alpha value is -0.541. The smallest absolute Gasteiger partial charge is 0.550 e. The van der Waals surface area contributed by atoms with Crippen molar-refractivity contribution in [3.05, 3.63) is 0 Å². The molecule has 0 aromatic rings. The predicted octanol–water partition coefficient (Wildman–Crippen LogP) is 2.68. The van der Waals surface area contributed by atoms with E-state index in [0.717, 1.165) is 38.5 Å². The van der Waals surface area contributed by atoms with Crippen molar-refractivity contribution in [2.45, 2.75) is 92.9 Å². The monoisotopic (exact) mass is 377 g/mol. The molecule has 0 aromatic carbocycles. The molecule has 0 rings (SSSR count). The maximum absolute atomic E-state index is 10.0. The molecular weight excluding hydrogens is 344 g/mol. The third-order valence-corrected chi connectivity index (χ3v) is 3.12. The Kier molecular flexibility index (Phi) is 16.5. The van der Waals surface area contributed by atoms with E-state index in [0.29, 0.717) is 10.8 Å². The fraction of sp³-hybridized carbons (Fsp3) is 0.889. The van der Waals surface area contributed by atoms with Crippen LogP contribution in [0, 0.1) is 10.8 Å². The molecule has 23 heavy (non-hydrogen) atoms. The summed E-state index contributed by atoms with van der Waals surface area (Å²) in [6.07, 6.45) is 6.04. The van der Waals surface area contributed by atoms with Crippen LogP contribution in [0.5, 0.6) is 0 Å². The van der Waals surface area contributed by atoms with Gasteiger partial charge in [0, 0.05) is 11.9 Å². The molecule has 0 aromatic heterocycles. The summed E-state index contributed by atoms with van der Waals surface area (Å²) in [6.45, 7) is 13.0. The van der Waals surface area contributed by atoms with Gasteiger partial charge in [0.05, 0.1) is 0 Å². The normalized spacial score (nSPS) is 11.0. The van der Waals surface area contributed by atoms with E-state index in [4.69, 9.17) is 0 Å². The number of unbranched alkanes of at least 4 members (excludes halogenated alkanes) is 2. The standard InChI is InChI=1S/2C9H18O2.Cu/c2*1-9(2,3)7-5-4-6-8(10)11;/h2*4-7H2,1-3H3,(H,10,11);/q;;+2/p-2. The summed E-state index contributed by atoms with van der Waals surface area (Å²) >= 11 is 0. The zero-order valence-corrected chi connectivity index (χ0v) is 16.5. The van der Waals surface area contributed by atoms with Crippen molar-refractivity contribution >= 4 is 11.9 Å². The summed E-state index contributed by atoms with van der Waals surface area (Å²) in [7, 11) is 0. The van der Waals surface area contributed by atoms with Gasteiger partial charge in [-0.1, -0.05) is 54.4 Å². The number of carboxylic acids is 2. The minimum absolute atomic E-state index is 0. The van der Waals surface area contributed by atoms with E-state index >= 15 is 0 Å². The van der Waals surface area contributed by atoms with Gasteiger partial charge >= 0.3 is 17.1 Å². The molecule has 1 radical (unpaired) electrons. The fourth-order valence-electron chi connectivity index (χ4n) is 1.85. The Balaban J connectivity index is -0.000000333. The molecule has 0 fully saturated rings. The second-order valence-corrected chi connectivity index (χ2v) is 8.28. The van der Waals surface area contributed by atoms with Crippen LogP contribution in [0.1, 0.15) is 92.9 Å². The van der Waals surface area contributed by atoms with Crippen molar-refractivity contribution in [3.63, 3.8) is 0 Å². The van der Waals surface area contributed by atoms with Crippen molar-refractivity contribution in [2.75, 3.05) is 0 Å². The van der Waals surface area contributed by atoms with E-state index in [-0.39, 0.29) is 29.9 Å². The zero-order valence-electron chi connectivity index (χ0n) is 15.6. The Bertz CT molecular complexity index is 282. The molecule has 0 N–H and O–H groups in total. The number of carbonyl (C=O) groups excluding carboxylic acids is 2. The zero-order chi connectivity index (χ0) is 17.8. The first-order valence-electron chi connectivity index (χ1n) is 8.23. The third kappa shape index (κ3) is 34.0. The molecule has 4 nitrogen and oxygen atoms in total. The summed E-state index contributed by atoms with van der Waals surface area (Å²) in [5.41, 5.74) is 0.651. The van der Waals surface area contributed by atoms with Gasteiger partial charge in [-0.2, -0.15) is 0 Å². The van der Waals surface area contributed by atoms with Crippen molar-refractivity contribution in [2.24, 2.45) is 10.8 Å². The van der Waals surface area contributed by atoms with E-state index in [1.54, 1.807) is 0 Å². The number of carbonyl (C=O) groups is 2. The van der Waals surface area contributed by atoms with Crippen LogP contribution in [-0.2, 0) is 26.7 Å². The van der Waals surface area contributed by atoms with Gasteiger partial charge in [-0.3, -0.25) is 0 Å². The SMILES string of the molecule is CC(C)(C)CCCCC(=O)[O-].CC(C)(C)CCCCC(=O)[O-].[Cu+2]. The molecule has 0 unspecified atom stereocenters. The van der Waals surface area contributed by atoms with Crippen molar-refractivity contribution < 1.29 is 36.9 Å². The van der Waals surface area contributed by atoms with Gasteiger partial charge in [0.15, 0.2) is 0 Å². The van der Waals surface area contributed by atoms with Crippen LogP contribution >= 0.6 is 0 Å². The average molecular weight is 378 g/mol. The predicted molar refractivity (Wildman–Crippen MR) is 85.9 cm³/mol. The number of aliphatic carboxylic acids is 2. The first-order valence-corrected chi connectivity index (χ1v) is 8.23. The summed E-state index contributed by atoms with van der Waals surface area (Å²) in [5.74, 6) is -1.86. The van der Waals surface area contributed by atoms with Crippen LogP contribution in [-0.4, -0.2) is 11.9 Å². The quantitative estimate of drug-likeness (QED) is 0.481. The van der Waals surface area contributed by atoms with Gasteiger partial charge in [0.2, 0.25) is 0 Å². The minimum atomic E-state index is -0.932. The molecule has 0 saturated heterocycles. The van der Waals surface area contributed by atoms with Crippen LogP contribution in [0.2, 0.25) is 0 Å². The molecule has 0 aliphatic rings. The molecule has 0 aliphatic heterocycles. The van der Waals surface area contributed by atoms with Gasteiger partial charge in [0.25, 0.3) is 0 Å². The molecule has 0 atom stereocenters. The van der Waals surface area contributed by atoms with Crippen molar-refractivity contribution in [1.29, 1.82) is 0 Å². The maximum Gasteiger partial charge on any atom is 2.00 e. The van der Waals surface area contributed by atoms with Crippen molar-refractivity contribution in [3.8, 4) is 0 Å². The Labute approximate surface area is 152 Å². The van der Waals surface area contributed by atoms with Gasteiger partial charge < -0.3 is 19.8 Å². The topological polar surface area (TPSA) is 80.3 Å². The van der Waals surface area contributed by atoms with E-state index in [9.17, 15) is 19.8 Å². The summed E-state index contributed by atoms with van der Waals surface area (Å²) < 4.78 is 0. The fourth-order valence-corrected chi connectivity index (χ4v) is 1.85. The second kappa shape index (κ2) is 13.9. The summed E-state index contributed by atoms with van der Waals surface area (Å²) in [5, 5.41) is 20.0. The van der Waals surface area contributed by atoms with Crippen LogP contribution in [0.3, 0.4) is 0 Å². The molecule has 0 bridgehead atoms. The van der Waals surface area contributed by atoms with Gasteiger partial charge in [-0.05, 0) is 49.4 Å². The van der Waals surface area contributed by atoms with Gasteiger partial charge in [-0.15, -0.1) is 0 Å². The molecule has 141 valence electrons. The molecule has 0 saturated carbocycles. The van der Waals surface area contributed by atoms with Crippen LogP contribution in [0.15, 0.2) is 0 Å². The molecule has 0 heterocycles. The van der Waals surface area contributed by atoms with Crippen LogP contribution < -0.4 is 10.2 Å². The summed E-state index contributed by atoms with van der Waals surface area (Å²) in [6, 6.07) is 0. The number of carboxylic acid groups (broad SMARTS) is 2. The molecule has 0 amide bonds.